The van der Waals surface area contributed by atoms with E-state index in [9.17, 15) is 9.59 Å². The average molecular weight is 298 g/mol. The fourth-order valence-electron chi connectivity index (χ4n) is 2.24. The first-order chi connectivity index (χ1) is 9.56. The fourth-order valence-corrected chi connectivity index (χ4v) is 2.45. The van der Waals surface area contributed by atoms with Crippen LogP contribution >= 0.6 is 11.6 Å². The van der Waals surface area contributed by atoms with Gasteiger partial charge in [0.05, 0.1) is 12.6 Å². The van der Waals surface area contributed by atoms with Crippen molar-refractivity contribution in [3.05, 3.63) is 34.9 Å². The van der Waals surface area contributed by atoms with Crippen molar-refractivity contribution in [2.45, 2.75) is 25.4 Å². The lowest BCUT2D eigenvalue weighted by Crippen LogP contribution is -2.48. The maximum absolute atomic E-state index is 12.0. The number of carbonyl (C=O) groups is 2. The van der Waals surface area contributed by atoms with Crippen LogP contribution in [-0.2, 0) is 20.9 Å². The van der Waals surface area contributed by atoms with Crippen molar-refractivity contribution >= 4 is 23.5 Å². The van der Waals surface area contributed by atoms with Crippen molar-refractivity contribution in [1.29, 1.82) is 0 Å². The zero-order valence-electron chi connectivity index (χ0n) is 10.9. The second kappa shape index (κ2) is 6.72. The molecule has 1 saturated heterocycles. The Morgan fingerprint density at radius 2 is 2.30 bits per heavy atom. The topological polar surface area (TPSA) is 66.8 Å². The molecule has 0 radical (unpaired) electrons. The maximum atomic E-state index is 12.0. The Morgan fingerprint density at radius 3 is 3.00 bits per heavy atom. The summed E-state index contributed by atoms with van der Waals surface area (Å²) >= 11 is 5.93. The third-order valence-electron chi connectivity index (χ3n) is 3.23. The quantitative estimate of drug-likeness (QED) is 0.902. The van der Waals surface area contributed by atoms with Crippen molar-refractivity contribution in [3.63, 3.8) is 0 Å². The lowest BCUT2D eigenvalue weighted by molar-refractivity contribution is -0.151. The van der Waals surface area contributed by atoms with Gasteiger partial charge in [0, 0.05) is 18.0 Å². The van der Waals surface area contributed by atoms with Gasteiger partial charge in [-0.25, -0.2) is 0 Å². The van der Waals surface area contributed by atoms with Gasteiger partial charge < -0.3 is 14.7 Å². The number of benzene rings is 1. The van der Waals surface area contributed by atoms with Crippen LogP contribution in [0.5, 0.6) is 0 Å². The van der Waals surface area contributed by atoms with Crippen molar-refractivity contribution < 1.29 is 19.4 Å². The minimum Gasteiger partial charge on any atom is -0.481 e. The number of hydrogen-bond acceptors (Lipinski definition) is 3. The van der Waals surface area contributed by atoms with Crippen LogP contribution in [0.3, 0.4) is 0 Å². The molecule has 5 nitrogen and oxygen atoms in total. The lowest BCUT2D eigenvalue weighted by Gasteiger charge is -2.35. The molecule has 2 rings (SSSR count). The van der Waals surface area contributed by atoms with Crippen molar-refractivity contribution in [1.82, 2.24) is 4.90 Å². The Kier molecular flexibility index (Phi) is 4.98. The average Bonchev–Trinajstić information content (AvgIpc) is 2.39. The zero-order valence-corrected chi connectivity index (χ0v) is 11.7. The van der Waals surface area contributed by atoms with Crippen LogP contribution in [-0.4, -0.2) is 41.1 Å². The van der Waals surface area contributed by atoms with E-state index in [2.05, 4.69) is 0 Å². The van der Waals surface area contributed by atoms with E-state index in [1.807, 2.05) is 12.1 Å². The molecule has 1 atom stereocenters. The smallest absolute Gasteiger partial charge is 0.303 e. The van der Waals surface area contributed by atoms with Crippen LogP contribution in [0.1, 0.15) is 18.4 Å². The molecular weight excluding hydrogens is 282 g/mol. The number of carboxylic acid groups (broad SMARTS) is 1. The summed E-state index contributed by atoms with van der Waals surface area (Å²) in [4.78, 5) is 24.3. The predicted molar refractivity (Wildman–Crippen MR) is 73.5 cm³/mol. The third-order valence-corrected chi connectivity index (χ3v) is 3.47. The zero-order chi connectivity index (χ0) is 14.5. The van der Waals surface area contributed by atoms with Gasteiger partial charge in [-0.15, -0.1) is 0 Å². The lowest BCUT2D eigenvalue weighted by atomic mass is 10.1. The second-order valence-electron chi connectivity index (χ2n) is 4.75. The number of rotatable bonds is 5. The normalized spacial score (nSPS) is 19.1. The van der Waals surface area contributed by atoms with Crippen LogP contribution in [0.15, 0.2) is 24.3 Å². The summed E-state index contributed by atoms with van der Waals surface area (Å²) in [7, 11) is 0. The summed E-state index contributed by atoms with van der Waals surface area (Å²) < 4.78 is 5.21. The number of halogens is 1. The molecule has 108 valence electrons. The van der Waals surface area contributed by atoms with Gasteiger partial charge >= 0.3 is 5.97 Å². The maximum Gasteiger partial charge on any atom is 0.303 e. The molecule has 1 aromatic rings. The summed E-state index contributed by atoms with van der Waals surface area (Å²) in [6.07, 6.45) is 0.412. The highest BCUT2D eigenvalue weighted by Gasteiger charge is 2.29. The summed E-state index contributed by atoms with van der Waals surface area (Å²) in [5.74, 6) is -0.989. The molecule has 1 aliphatic rings. The molecule has 0 bridgehead atoms. The summed E-state index contributed by atoms with van der Waals surface area (Å²) in [6.45, 7) is 0.844. The van der Waals surface area contributed by atoms with E-state index in [4.69, 9.17) is 21.4 Å². The van der Waals surface area contributed by atoms with Gasteiger partial charge in [0.2, 0.25) is 5.91 Å². The van der Waals surface area contributed by atoms with Crippen LogP contribution in [0.25, 0.3) is 0 Å². The van der Waals surface area contributed by atoms with Gasteiger partial charge in [0.1, 0.15) is 6.61 Å². The van der Waals surface area contributed by atoms with E-state index in [0.29, 0.717) is 24.6 Å². The molecule has 0 spiro atoms. The van der Waals surface area contributed by atoms with Crippen molar-refractivity contribution in [2.75, 3.05) is 13.2 Å². The SMILES string of the molecule is O=C(O)CCC1COCC(=O)N1Cc1cccc(Cl)c1. The van der Waals surface area contributed by atoms with E-state index in [0.717, 1.165) is 5.56 Å². The number of carbonyl (C=O) groups excluding carboxylic acids is 1. The molecule has 1 N–H and O–H groups in total. The van der Waals surface area contributed by atoms with Gasteiger partial charge in [0.25, 0.3) is 0 Å². The predicted octanol–water partition coefficient (Wildman–Crippen LogP) is 1.93. The first-order valence-electron chi connectivity index (χ1n) is 6.39. The highest BCUT2D eigenvalue weighted by molar-refractivity contribution is 6.30. The van der Waals surface area contributed by atoms with Crippen LogP contribution in [0.4, 0.5) is 0 Å². The Labute approximate surface area is 122 Å². The minimum absolute atomic E-state index is 0.0212. The molecule has 0 saturated carbocycles. The van der Waals surface area contributed by atoms with E-state index in [1.165, 1.54) is 0 Å². The molecule has 1 fully saturated rings. The summed E-state index contributed by atoms with van der Waals surface area (Å²) in [5.41, 5.74) is 0.924. The molecule has 6 heteroatoms. The van der Waals surface area contributed by atoms with Gasteiger partial charge in [-0.05, 0) is 24.1 Å². The molecule has 0 aromatic heterocycles. The van der Waals surface area contributed by atoms with Gasteiger partial charge in [0.15, 0.2) is 0 Å². The molecule has 1 unspecified atom stereocenters. The monoisotopic (exact) mass is 297 g/mol. The Morgan fingerprint density at radius 1 is 1.50 bits per heavy atom. The Bertz CT molecular complexity index is 506. The van der Waals surface area contributed by atoms with Gasteiger partial charge in [-0.2, -0.15) is 0 Å². The Balaban J connectivity index is 2.07. The van der Waals surface area contributed by atoms with Crippen LogP contribution in [0, 0.1) is 0 Å². The number of nitrogens with zero attached hydrogens (tertiary/aromatic N) is 1. The molecule has 1 amide bonds. The number of carboxylic acids is 1. The summed E-state index contributed by atoms with van der Waals surface area (Å²) in [5, 5.41) is 9.38. The van der Waals surface area contributed by atoms with E-state index < -0.39 is 5.97 Å². The van der Waals surface area contributed by atoms with E-state index in [1.54, 1.807) is 17.0 Å². The number of aliphatic carboxylic acids is 1. The highest BCUT2D eigenvalue weighted by atomic mass is 35.5. The van der Waals surface area contributed by atoms with Gasteiger partial charge in [-0.3, -0.25) is 9.59 Å². The third kappa shape index (κ3) is 3.95. The number of morpholine rings is 1. The number of ether oxygens (including phenoxy) is 1. The molecule has 1 heterocycles. The summed E-state index contributed by atoms with van der Waals surface area (Å²) in [6, 6.07) is 7.09. The molecule has 20 heavy (non-hydrogen) atoms. The fraction of sp³-hybridized carbons (Fsp3) is 0.429. The first kappa shape index (κ1) is 14.8. The van der Waals surface area contributed by atoms with Crippen molar-refractivity contribution in [2.24, 2.45) is 0 Å². The number of amides is 1. The minimum atomic E-state index is -0.870. The molecular formula is C14H16ClNO4. The molecule has 1 aromatic carbocycles. The molecule has 1 aliphatic heterocycles. The second-order valence-corrected chi connectivity index (χ2v) is 5.19. The van der Waals surface area contributed by atoms with Gasteiger partial charge in [-0.1, -0.05) is 23.7 Å². The first-order valence-corrected chi connectivity index (χ1v) is 6.77. The highest BCUT2D eigenvalue weighted by Crippen LogP contribution is 2.19. The van der Waals surface area contributed by atoms with E-state index in [-0.39, 0.29) is 25.0 Å². The standard InChI is InChI=1S/C14H16ClNO4/c15-11-3-1-2-10(6-11)7-16-12(4-5-14(18)19)8-20-9-13(16)17/h1-3,6,12H,4-5,7-9H2,(H,18,19). The largest absolute Gasteiger partial charge is 0.481 e. The Hall–Kier alpha value is -1.59. The molecule has 0 aliphatic carbocycles. The van der Waals surface area contributed by atoms with Crippen LogP contribution < -0.4 is 0 Å². The van der Waals surface area contributed by atoms with E-state index >= 15 is 0 Å². The van der Waals surface area contributed by atoms with Crippen molar-refractivity contribution in [3.8, 4) is 0 Å². The number of hydrogen-bond donors (Lipinski definition) is 1. The van der Waals surface area contributed by atoms with Crippen LogP contribution in [0.2, 0.25) is 5.02 Å².